The predicted molar refractivity (Wildman–Crippen MR) is 41.1 cm³/mol. The molecule has 0 aliphatic carbocycles. The number of nitrogens with two attached hydrogens (primary N) is 1. The summed E-state index contributed by atoms with van der Waals surface area (Å²) < 4.78 is 0.516. The molecule has 0 bridgehead atoms. The van der Waals surface area contributed by atoms with E-state index in [9.17, 15) is 9.59 Å². The maximum atomic E-state index is 10.7. The summed E-state index contributed by atoms with van der Waals surface area (Å²) in [5, 5.41) is 2.04. The normalized spacial score (nSPS) is 11.2. The van der Waals surface area contributed by atoms with Crippen molar-refractivity contribution in [2.75, 3.05) is 5.73 Å². The minimum atomic E-state index is -0.436. The molecule has 0 unspecified atom stereocenters. The first-order valence-electron chi connectivity index (χ1n) is 2.68. The monoisotopic (exact) mass is 153 g/mol. The van der Waals surface area contributed by atoms with E-state index >= 15 is 0 Å². The highest BCUT2D eigenvalue weighted by molar-refractivity contribution is 7.18. The van der Waals surface area contributed by atoms with Crippen LogP contribution in [-0.2, 0) is 0 Å². The lowest BCUT2D eigenvalue weighted by atomic mass is 10.2. The van der Waals surface area contributed by atoms with E-state index in [0.29, 0.717) is 15.8 Å². The number of rotatable bonds is 0. The van der Waals surface area contributed by atoms with Gasteiger partial charge in [0.05, 0.1) is 15.8 Å². The van der Waals surface area contributed by atoms with Crippen molar-refractivity contribution in [1.29, 1.82) is 0 Å². The predicted octanol–water partition coefficient (Wildman–Crippen LogP) is 0.0795. The van der Waals surface area contributed by atoms with Crippen LogP contribution in [0.15, 0.2) is 15.0 Å². The Kier molecular flexibility index (Phi) is 0.820. The smallest absolute Gasteiger partial charge is 0.244 e. The van der Waals surface area contributed by atoms with E-state index in [0.717, 1.165) is 0 Å². The van der Waals surface area contributed by atoms with Gasteiger partial charge < -0.3 is 5.73 Å². The van der Waals surface area contributed by atoms with Crippen molar-refractivity contribution >= 4 is 27.1 Å². The zero-order valence-corrected chi connectivity index (χ0v) is 5.70. The van der Waals surface area contributed by atoms with Crippen LogP contribution in [-0.4, -0.2) is 0 Å². The van der Waals surface area contributed by atoms with Crippen molar-refractivity contribution in [2.45, 2.75) is 0 Å². The maximum Gasteiger partial charge on any atom is 0.244 e. The number of fused-ring (bicyclic) bond motifs is 1. The summed E-state index contributed by atoms with van der Waals surface area (Å²) in [7, 11) is 0. The summed E-state index contributed by atoms with van der Waals surface area (Å²) in [6, 6.07) is 0. The van der Waals surface area contributed by atoms with Gasteiger partial charge in [0, 0.05) is 5.38 Å². The van der Waals surface area contributed by atoms with Gasteiger partial charge in [0.15, 0.2) is 0 Å². The second kappa shape index (κ2) is 1.46. The van der Waals surface area contributed by atoms with Gasteiger partial charge in [-0.1, -0.05) is 0 Å². The van der Waals surface area contributed by atoms with E-state index in [2.05, 4.69) is 0 Å². The lowest BCUT2D eigenvalue weighted by molar-refractivity contribution is 1.59. The molecule has 1 aromatic carbocycles. The summed E-state index contributed by atoms with van der Waals surface area (Å²) >= 11 is 1.23. The number of nitrogen functional groups attached to an aromatic ring is 1. The van der Waals surface area contributed by atoms with E-state index in [-0.39, 0.29) is 0 Å². The summed E-state index contributed by atoms with van der Waals surface area (Å²) in [5.41, 5.74) is 4.99. The highest BCUT2D eigenvalue weighted by atomic mass is 32.1. The van der Waals surface area contributed by atoms with Gasteiger partial charge in [-0.25, -0.2) is 0 Å². The molecule has 1 aromatic heterocycles. The van der Waals surface area contributed by atoms with E-state index in [1.807, 2.05) is 0 Å². The van der Waals surface area contributed by atoms with Crippen LogP contribution >= 0.6 is 11.3 Å². The molecular weight excluding hydrogens is 150 g/mol. The second-order valence-electron chi connectivity index (χ2n) is 2.05. The minimum absolute atomic E-state index is 0.392. The number of hydrogen-bond donors (Lipinski definition) is 1. The zero-order valence-electron chi connectivity index (χ0n) is 4.88. The zero-order chi connectivity index (χ0) is 7.30. The van der Waals surface area contributed by atoms with Crippen molar-refractivity contribution in [2.24, 2.45) is 0 Å². The molecule has 0 saturated carbocycles. The number of thiophene rings is 1. The highest BCUT2D eigenvalue weighted by Gasteiger charge is 2.16. The van der Waals surface area contributed by atoms with Gasteiger partial charge in [0.2, 0.25) is 10.9 Å². The first kappa shape index (κ1) is 5.61. The SMILES string of the molecule is Nc1csc2c(=O)c(=O)c12. The van der Waals surface area contributed by atoms with Gasteiger partial charge in [-0.2, -0.15) is 0 Å². The molecule has 2 N–H and O–H groups in total. The van der Waals surface area contributed by atoms with Crippen LogP contribution in [0.25, 0.3) is 10.1 Å². The first-order chi connectivity index (χ1) is 4.72. The van der Waals surface area contributed by atoms with E-state index < -0.39 is 10.9 Å². The van der Waals surface area contributed by atoms with Gasteiger partial charge in [0.1, 0.15) is 0 Å². The Morgan fingerprint density at radius 3 is 2.60 bits per heavy atom. The van der Waals surface area contributed by atoms with Crippen LogP contribution in [0, 0.1) is 0 Å². The van der Waals surface area contributed by atoms with Crippen molar-refractivity contribution < 1.29 is 0 Å². The van der Waals surface area contributed by atoms with Crippen molar-refractivity contribution in [3.63, 3.8) is 0 Å². The first-order valence-corrected chi connectivity index (χ1v) is 3.56. The third-order valence-corrected chi connectivity index (χ3v) is 2.46. The van der Waals surface area contributed by atoms with Gasteiger partial charge in [-0.15, -0.1) is 11.3 Å². The molecule has 4 heteroatoms. The Labute approximate surface area is 59.4 Å². The molecule has 0 fully saturated rings. The Morgan fingerprint density at radius 2 is 2.00 bits per heavy atom. The lowest BCUT2D eigenvalue weighted by Crippen LogP contribution is -2.29. The average Bonchev–Trinajstić information content (AvgIpc) is 2.27. The summed E-state index contributed by atoms with van der Waals surface area (Å²) in [5.74, 6) is 0. The standard InChI is InChI=1S/C6H3NO2S/c7-2-1-10-6-3(2)4(8)5(6)9/h1H,7H2. The highest BCUT2D eigenvalue weighted by Crippen LogP contribution is 2.22. The van der Waals surface area contributed by atoms with Crippen LogP contribution in [0.1, 0.15) is 0 Å². The summed E-state index contributed by atoms with van der Waals surface area (Å²) in [6.45, 7) is 0. The molecule has 0 saturated heterocycles. The molecule has 2 rings (SSSR count). The van der Waals surface area contributed by atoms with Gasteiger partial charge in [-0.3, -0.25) is 9.59 Å². The van der Waals surface area contributed by atoms with Crippen LogP contribution in [0.5, 0.6) is 0 Å². The van der Waals surface area contributed by atoms with Gasteiger partial charge in [0.25, 0.3) is 0 Å². The Bertz CT molecular complexity index is 461. The summed E-state index contributed by atoms with van der Waals surface area (Å²) in [6.07, 6.45) is 0. The topological polar surface area (TPSA) is 60.2 Å². The molecule has 3 nitrogen and oxygen atoms in total. The summed E-state index contributed by atoms with van der Waals surface area (Å²) in [4.78, 5) is 21.4. The van der Waals surface area contributed by atoms with E-state index in [4.69, 9.17) is 5.73 Å². The Morgan fingerprint density at radius 1 is 1.30 bits per heavy atom. The average molecular weight is 153 g/mol. The molecule has 10 heavy (non-hydrogen) atoms. The van der Waals surface area contributed by atoms with E-state index in [1.165, 1.54) is 11.3 Å². The van der Waals surface area contributed by atoms with Crippen molar-refractivity contribution in [3.8, 4) is 0 Å². The fourth-order valence-electron chi connectivity index (χ4n) is 0.927. The van der Waals surface area contributed by atoms with Gasteiger partial charge >= 0.3 is 0 Å². The Hall–Kier alpha value is -1.16. The van der Waals surface area contributed by atoms with E-state index in [1.54, 1.807) is 5.38 Å². The quantitative estimate of drug-likeness (QED) is 0.545. The number of anilines is 1. The number of hydrogen-bond acceptors (Lipinski definition) is 4. The lowest BCUT2D eigenvalue weighted by Gasteiger charge is -1.88. The fourth-order valence-corrected chi connectivity index (χ4v) is 1.82. The molecule has 0 radical (unpaired) electrons. The molecule has 0 aliphatic heterocycles. The van der Waals surface area contributed by atoms with Crippen molar-refractivity contribution in [1.82, 2.24) is 0 Å². The second-order valence-corrected chi connectivity index (χ2v) is 2.93. The largest absolute Gasteiger partial charge is 0.397 e. The third kappa shape index (κ3) is 0.410. The van der Waals surface area contributed by atoms with Crippen LogP contribution in [0.2, 0.25) is 0 Å². The van der Waals surface area contributed by atoms with Crippen molar-refractivity contribution in [3.05, 3.63) is 25.8 Å². The Balaban J connectivity index is 3.14. The minimum Gasteiger partial charge on any atom is -0.397 e. The van der Waals surface area contributed by atoms with Crippen LogP contribution in [0.4, 0.5) is 5.69 Å². The fraction of sp³-hybridized carbons (Fsp3) is 0. The third-order valence-electron chi connectivity index (χ3n) is 1.46. The maximum absolute atomic E-state index is 10.7. The molecular formula is C6H3NO2S. The van der Waals surface area contributed by atoms with Crippen LogP contribution in [0.3, 0.4) is 0 Å². The molecule has 0 amide bonds. The molecule has 2 aromatic rings. The van der Waals surface area contributed by atoms with Crippen LogP contribution < -0.4 is 16.6 Å². The molecule has 1 heterocycles. The molecule has 0 aliphatic rings. The van der Waals surface area contributed by atoms with Gasteiger partial charge in [-0.05, 0) is 0 Å². The molecule has 0 spiro atoms. The molecule has 50 valence electrons. The molecule has 0 atom stereocenters.